The highest BCUT2D eigenvalue weighted by molar-refractivity contribution is 4.91. The average Bonchev–Trinajstić information content (AvgIpc) is 2.65. The van der Waals surface area contributed by atoms with Crippen LogP contribution in [0.1, 0.15) is 59.8 Å². The van der Waals surface area contributed by atoms with Gasteiger partial charge < -0.3 is 10.1 Å². The molecule has 0 amide bonds. The van der Waals surface area contributed by atoms with Crippen LogP contribution in [0.3, 0.4) is 0 Å². The van der Waals surface area contributed by atoms with E-state index in [2.05, 4.69) is 33.0 Å². The lowest BCUT2D eigenvalue weighted by Gasteiger charge is -2.35. The van der Waals surface area contributed by atoms with E-state index >= 15 is 0 Å². The molecule has 0 radical (unpaired) electrons. The molecule has 0 aromatic carbocycles. The van der Waals surface area contributed by atoms with Gasteiger partial charge in [-0.15, -0.1) is 0 Å². The van der Waals surface area contributed by atoms with Gasteiger partial charge in [-0.3, -0.25) is 0 Å². The quantitative estimate of drug-likeness (QED) is 0.720. The first-order chi connectivity index (χ1) is 7.58. The molecule has 16 heavy (non-hydrogen) atoms. The molecule has 1 atom stereocenters. The highest BCUT2D eigenvalue weighted by Gasteiger charge is 2.36. The van der Waals surface area contributed by atoms with Crippen LogP contribution >= 0.6 is 0 Å². The Labute approximate surface area is 101 Å². The van der Waals surface area contributed by atoms with Crippen LogP contribution in [0.5, 0.6) is 0 Å². The number of rotatable bonds is 7. The Morgan fingerprint density at radius 1 is 1.25 bits per heavy atom. The van der Waals surface area contributed by atoms with Crippen LogP contribution in [0, 0.1) is 5.41 Å². The van der Waals surface area contributed by atoms with Gasteiger partial charge in [0.2, 0.25) is 0 Å². The Balaban J connectivity index is 2.48. The van der Waals surface area contributed by atoms with Crippen molar-refractivity contribution in [2.75, 3.05) is 13.2 Å². The normalized spacial score (nSPS) is 21.6. The molecule has 1 rings (SSSR count). The topological polar surface area (TPSA) is 21.3 Å². The Kier molecular flexibility index (Phi) is 5.77. The van der Waals surface area contributed by atoms with Crippen LogP contribution in [0.2, 0.25) is 0 Å². The summed E-state index contributed by atoms with van der Waals surface area (Å²) < 4.78 is 5.82. The van der Waals surface area contributed by atoms with E-state index in [4.69, 9.17) is 4.74 Å². The van der Waals surface area contributed by atoms with E-state index in [-0.39, 0.29) is 0 Å². The summed E-state index contributed by atoms with van der Waals surface area (Å²) in [7, 11) is 0. The summed E-state index contributed by atoms with van der Waals surface area (Å²) in [6, 6.07) is 0.539. The van der Waals surface area contributed by atoms with Crippen LogP contribution in [-0.4, -0.2) is 25.3 Å². The fourth-order valence-corrected chi connectivity index (χ4v) is 2.64. The van der Waals surface area contributed by atoms with E-state index in [1.165, 1.54) is 32.1 Å². The minimum Gasteiger partial charge on any atom is -0.377 e. The molecule has 1 aliphatic rings. The fraction of sp³-hybridized carbons (Fsp3) is 1.00. The van der Waals surface area contributed by atoms with Crippen molar-refractivity contribution < 1.29 is 4.74 Å². The second kappa shape index (κ2) is 6.61. The molecular formula is C14H29NO. The lowest BCUT2D eigenvalue weighted by molar-refractivity contribution is 0.0289. The van der Waals surface area contributed by atoms with Crippen LogP contribution < -0.4 is 5.32 Å². The Morgan fingerprint density at radius 3 is 2.38 bits per heavy atom. The molecule has 1 unspecified atom stereocenters. The van der Waals surface area contributed by atoms with E-state index < -0.39 is 0 Å². The first-order valence-corrected chi connectivity index (χ1v) is 6.93. The van der Waals surface area contributed by atoms with Gasteiger partial charge in [0.15, 0.2) is 0 Å². The van der Waals surface area contributed by atoms with Gasteiger partial charge in [0.05, 0.1) is 12.7 Å². The summed E-state index contributed by atoms with van der Waals surface area (Å²) in [4.78, 5) is 0. The number of ether oxygens (including phenoxy) is 1. The highest BCUT2D eigenvalue weighted by atomic mass is 16.5. The molecule has 0 saturated heterocycles. The van der Waals surface area contributed by atoms with Crippen molar-refractivity contribution in [1.29, 1.82) is 0 Å². The van der Waals surface area contributed by atoms with Gasteiger partial charge >= 0.3 is 0 Å². The smallest absolute Gasteiger partial charge is 0.0628 e. The van der Waals surface area contributed by atoms with Crippen LogP contribution in [0.4, 0.5) is 0 Å². The van der Waals surface area contributed by atoms with Crippen molar-refractivity contribution in [3.63, 3.8) is 0 Å². The van der Waals surface area contributed by atoms with E-state index in [9.17, 15) is 0 Å². The molecule has 0 aromatic rings. The van der Waals surface area contributed by atoms with E-state index in [1.54, 1.807) is 0 Å². The van der Waals surface area contributed by atoms with Crippen molar-refractivity contribution in [1.82, 2.24) is 5.32 Å². The minimum atomic E-state index is 0.343. The lowest BCUT2D eigenvalue weighted by Crippen LogP contribution is -2.46. The minimum absolute atomic E-state index is 0.343. The van der Waals surface area contributed by atoms with Gasteiger partial charge in [0, 0.05) is 6.04 Å². The Morgan fingerprint density at radius 2 is 1.88 bits per heavy atom. The zero-order chi connectivity index (χ0) is 12.0. The molecule has 1 saturated carbocycles. The standard InChI is InChI=1S/C14H29NO/c1-5-10-15-13(11-16-12(2)3)14(4)8-6-7-9-14/h12-13,15H,5-11H2,1-4H3. The summed E-state index contributed by atoms with van der Waals surface area (Å²) in [5.41, 5.74) is 0.462. The van der Waals surface area contributed by atoms with Crippen molar-refractivity contribution in [3.05, 3.63) is 0 Å². The van der Waals surface area contributed by atoms with Crippen molar-refractivity contribution in [3.8, 4) is 0 Å². The van der Waals surface area contributed by atoms with Gasteiger partial charge in [-0.2, -0.15) is 0 Å². The molecule has 0 bridgehead atoms. The maximum absolute atomic E-state index is 5.82. The molecule has 0 spiro atoms. The van der Waals surface area contributed by atoms with Crippen molar-refractivity contribution in [2.45, 2.75) is 71.9 Å². The third-order valence-electron chi connectivity index (χ3n) is 3.82. The SMILES string of the molecule is CCCNC(COC(C)C)C1(C)CCCC1. The molecule has 2 nitrogen and oxygen atoms in total. The zero-order valence-electron chi connectivity index (χ0n) is 11.5. The predicted octanol–water partition coefficient (Wildman–Crippen LogP) is 3.36. The summed E-state index contributed by atoms with van der Waals surface area (Å²) in [6.45, 7) is 10.9. The summed E-state index contributed by atoms with van der Waals surface area (Å²) in [5.74, 6) is 0. The van der Waals surface area contributed by atoms with Crippen molar-refractivity contribution in [2.24, 2.45) is 5.41 Å². The van der Waals surface area contributed by atoms with E-state index in [1.807, 2.05) is 0 Å². The maximum atomic E-state index is 5.82. The fourth-order valence-electron chi connectivity index (χ4n) is 2.64. The summed E-state index contributed by atoms with van der Waals surface area (Å²) >= 11 is 0. The summed E-state index contributed by atoms with van der Waals surface area (Å²) in [5, 5.41) is 3.68. The highest BCUT2D eigenvalue weighted by Crippen LogP contribution is 2.40. The zero-order valence-corrected chi connectivity index (χ0v) is 11.5. The third kappa shape index (κ3) is 4.06. The lowest BCUT2D eigenvalue weighted by atomic mass is 9.81. The van der Waals surface area contributed by atoms with Gasteiger partial charge in [-0.1, -0.05) is 26.7 Å². The Hall–Kier alpha value is -0.0800. The van der Waals surface area contributed by atoms with Gasteiger partial charge in [0.1, 0.15) is 0 Å². The average molecular weight is 227 g/mol. The first kappa shape index (κ1) is 14.0. The van der Waals surface area contributed by atoms with Crippen molar-refractivity contribution >= 4 is 0 Å². The Bertz CT molecular complexity index is 185. The van der Waals surface area contributed by atoms with Gasteiger partial charge in [0.25, 0.3) is 0 Å². The summed E-state index contributed by atoms with van der Waals surface area (Å²) in [6.07, 6.45) is 7.04. The molecule has 0 heterocycles. The monoisotopic (exact) mass is 227 g/mol. The largest absolute Gasteiger partial charge is 0.377 e. The molecule has 0 aliphatic heterocycles. The molecule has 1 aliphatic carbocycles. The van der Waals surface area contributed by atoms with Crippen LogP contribution in [0.15, 0.2) is 0 Å². The second-order valence-corrected chi connectivity index (χ2v) is 5.75. The van der Waals surface area contributed by atoms with Crippen LogP contribution in [-0.2, 0) is 4.74 Å². The number of hydrogen-bond acceptors (Lipinski definition) is 2. The molecule has 96 valence electrons. The maximum Gasteiger partial charge on any atom is 0.0628 e. The number of hydrogen-bond donors (Lipinski definition) is 1. The van der Waals surface area contributed by atoms with Crippen LogP contribution in [0.25, 0.3) is 0 Å². The molecule has 0 aromatic heterocycles. The second-order valence-electron chi connectivity index (χ2n) is 5.75. The predicted molar refractivity (Wildman–Crippen MR) is 69.7 cm³/mol. The molecule has 1 fully saturated rings. The van der Waals surface area contributed by atoms with E-state index in [0.717, 1.165) is 13.2 Å². The third-order valence-corrected chi connectivity index (χ3v) is 3.82. The number of nitrogens with one attached hydrogen (secondary N) is 1. The molecule has 2 heteroatoms. The van der Waals surface area contributed by atoms with Gasteiger partial charge in [-0.05, 0) is 45.1 Å². The first-order valence-electron chi connectivity index (χ1n) is 6.93. The van der Waals surface area contributed by atoms with Gasteiger partial charge in [-0.25, -0.2) is 0 Å². The molecular weight excluding hydrogens is 198 g/mol. The van der Waals surface area contributed by atoms with E-state index in [0.29, 0.717) is 17.6 Å². The molecule has 1 N–H and O–H groups in total.